The summed E-state index contributed by atoms with van der Waals surface area (Å²) in [5.74, 6) is -3.91. The Morgan fingerprint density at radius 2 is 1.86 bits per heavy atom. The molecule has 1 aliphatic carbocycles. The third-order valence-corrected chi connectivity index (χ3v) is 9.25. The Morgan fingerprint density at radius 1 is 1.07 bits per heavy atom. The van der Waals surface area contributed by atoms with Gasteiger partial charge in [-0.25, -0.2) is 8.78 Å². The van der Waals surface area contributed by atoms with Gasteiger partial charge in [0.05, 0.1) is 16.6 Å². The zero-order valence-electron chi connectivity index (χ0n) is 23.2. The molecule has 2 fully saturated rings. The van der Waals surface area contributed by atoms with E-state index in [4.69, 9.17) is 31.5 Å². The van der Waals surface area contributed by atoms with Crippen molar-refractivity contribution in [3.8, 4) is 40.0 Å². The summed E-state index contributed by atoms with van der Waals surface area (Å²) in [5, 5.41) is 3.10. The number of halogens is 3. The second-order valence-electron chi connectivity index (χ2n) is 11.5. The number of nitrogens with two attached hydrogens (primary N) is 1. The molecule has 1 saturated carbocycles. The molecule has 0 radical (unpaired) electrons. The first-order chi connectivity index (χ1) is 21.3. The molecule has 0 spiro atoms. The number of fused-ring (bicyclic) bond motifs is 3. The standard InChI is InChI=1S/C32H25ClF2N4O5/c33-25-19(34)12-20-18(13-32(44-20,22-7-4-10-37-22)15-5-2-1-3-6-15)23(25)24-17(29(36)40)11-21-27(26(24)35)43-30-28(42-21)31(41)39(14-38-30)16-8-9-16/h1-3,5-6,11-12,14,16,22,37H,4,7-10,13H2,(H2,36,40)/t22-,32-/m0/s1. The molecule has 4 aliphatic rings. The molecule has 1 amide bonds. The minimum Gasteiger partial charge on any atom is -0.480 e. The van der Waals surface area contributed by atoms with Crippen molar-refractivity contribution in [2.24, 2.45) is 5.73 Å². The van der Waals surface area contributed by atoms with Gasteiger partial charge in [-0.3, -0.25) is 14.2 Å². The van der Waals surface area contributed by atoms with Crippen LogP contribution in [0.25, 0.3) is 11.1 Å². The number of primary amides is 1. The molecule has 224 valence electrons. The molecule has 12 heteroatoms. The first-order valence-electron chi connectivity index (χ1n) is 14.4. The van der Waals surface area contributed by atoms with Crippen molar-refractivity contribution in [1.29, 1.82) is 0 Å². The molecule has 0 unspecified atom stereocenters. The molecule has 3 aromatic carbocycles. The van der Waals surface area contributed by atoms with E-state index in [1.54, 1.807) is 0 Å². The van der Waals surface area contributed by atoms with E-state index in [9.17, 15) is 9.59 Å². The van der Waals surface area contributed by atoms with Crippen molar-refractivity contribution in [3.63, 3.8) is 0 Å². The number of hydrogen-bond acceptors (Lipinski definition) is 7. The smallest absolute Gasteiger partial charge is 0.300 e. The summed E-state index contributed by atoms with van der Waals surface area (Å²) in [6.07, 6.45) is 4.91. The third kappa shape index (κ3) is 3.95. The van der Waals surface area contributed by atoms with Gasteiger partial charge >= 0.3 is 5.56 Å². The number of carbonyl (C=O) groups is 1. The minimum absolute atomic E-state index is 0.00691. The molecule has 44 heavy (non-hydrogen) atoms. The maximum absolute atomic E-state index is 16.7. The summed E-state index contributed by atoms with van der Waals surface area (Å²) in [7, 11) is 0. The molecule has 8 rings (SSSR count). The Kier molecular flexibility index (Phi) is 6.01. The number of nitrogens with one attached hydrogen (secondary N) is 1. The Labute approximate surface area is 254 Å². The molecular weight excluding hydrogens is 594 g/mol. The van der Waals surface area contributed by atoms with Crippen LogP contribution in [0.5, 0.6) is 28.9 Å². The van der Waals surface area contributed by atoms with Gasteiger partial charge in [-0.05, 0) is 43.9 Å². The lowest BCUT2D eigenvalue weighted by Gasteiger charge is -2.35. The van der Waals surface area contributed by atoms with Crippen LogP contribution in [-0.2, 0) is 12.0 Å². The van der Waals surface area contributed by atoms with E-state index in [0.717, 1.165) is 37.8 Å². The maximum atomic E-state index is 16.7. The number of nitrogens with zero attached hydrogens (tertiary/aromatic N) is 2. The van der Waals surface area contributed by atoms with Gasteiger partial charge in [-0.2, -0.15) is 4.98 Å². The number of hydrogen-bond donors (Lipinski definition) is 2. The fourth-order valence-electron chi connectivity index (χ4n) is 6.65. The van der Waals surface area contributed by atoms with Crippen molar-refractivity contribution < 1.29 is 27.8 Å². The predicted octanol–water partition coefficient (Wildman–Crippen LogP) is 5.76. The molecule has 1 saturated heterocycles. The predicted molar refractivity (Wildman–Crippen MR) is 156 cm³/mol. The number of aromatic nitrogens is 2. The van der Waals surface area contributed by atoms with Crippen LogP contribution < -0.4 is 30.8 Å². The summed E-state index contributed by atoms with van der Waals surface area (Å²) < 4.78 is 51.8. The van der Waals surface area contributed by atoms with Gasteiger partial charge in [0.25, 0.3) is 11.6 Å². The van der Waals surface area contributed by atoms with E-state index in [1.165, 1.54) is 23.0 Å². The largest absolute Gasteiger partial charge is 0.480 e. The van der Waals surface area contributed by atoms with Gasteiger partial charge in [-0.1, -0.05) is 41.9 Å². The average molecular weight is 619 g/mol. The summed E-state index contributed by atoms with van der Waals surface area (Å²) in [4.78, 5) is 30.1. The number of rotatable bonds is 5. The zero-order valence-corrected chi connectivity index (χ0v) is 23.9. The van der Waals surface area contributed by atoms with E-state index >= 15 is 8.78 Å². The van der Waals surface area contributed by atoms with Gasteiger partial charge in [0.2, 0.25) is 11.7 Å². The molecule has 9 nitrogen and oxygen atoms in total. The monoisotopic (exact) mass is 618 g/mol. The number of carbonyl (C=O) groups excluding carboxylic acids is 1. The highest BCUT2D eigenvalue weighted by Crippen LogP contribution is 2.55. The van der Waals surface area contributed by atoms with Crippen LogP contribution in [0.2, 0.25) is 5.02 Å². The highest BCUT2D eigenvalue weighted by atomic mass is 35.5. The summed E-state index contributed by atoms with van der Waals surface area (Å²) >= 11 is 6.60. The van der Waals surface area contributed by atoms with Gasteiger partial charge in [0.1, 0.15) is 17.9 Å². The van der Waals surface area contributed by atoms with Crippen LogP contribution in [0, 0.1) is 11.6 Å². The molecule has 2 atom stereocenters. The topological polar surface area (TPSA) is 118 Å². The van der Waals surface area contributed by atoms with Crippen molar-refractivity contribution >= 4 is 17.5 Å². The second-order valence-corrected chi connectivity index (χ2v) is 11.9. The van der Waals surface area contributed by atoms with Crippen LogP contribution >= 0.6 is 11.6 Å². The lowest BCUT2D eigenvalue weighted by Crippen LogP contribution is -2.48. The second kappa shape index (κ2) is 9.76. The van der Waals surface area contributed by atoms with Crippen LogP contribution in [0.3, 0.4) is 0 Å². The third-order valence-electron chi connectivity index (χ3n) is 8.88. The van der Waals surface area contributed by atoms with E-state index in [2.05, 4.69) is 10.3 Å². The fourth-order valence-corrected chi connectivity index (χ4v) is 6.92. The van der Waals surface area contributed by atoms with Crippen LogP contribution in [0.15, 0.2) is 53.6 Å². The van der Waals surface area contributed by atoms with E-state index < -0.39 is 39.5 Å². The number of amides is 1. The van der Waals surface area contributed by atoms with Crippen molar-refractivity contribution in [2.75, 3.05) is 6.54 Å². The lowest BCUT2D eigenvalue weighted by atomic mass is 9.80. The van der Waals surface area contributed by atoms with Gasteiger partial charge in [0.15, 0.2) is 17.2 Å². The highest BCUT2D eigenvalue weighted by Gasteiger charge is 2.50. The molecular formula is C32H25ClF2N4O5. The Bertz CT molecular complexity index is 1940. The van der Waals surface area contributed by atoms with E-state index in [0.29, 0.717) is 5.56 Å². The molecule has 0 bridgehead atoms. The van der Waals surface area contributed by atoms with Crippen molar-refractivity contribution in [3.05, 3.63) is 92.5 Å². The first kappa shape index (κ1) is 27.1. The summed E-state index contributed by atoms with van der Waals surface area (Å²) in [6, 6.07) is 11.8. The average Bonchev–Trinajstić information content (AvgIpc) is 3.55. The molecule has 1 aromatic heterocycles. The van der Waals surface area contributed by atoms with Gasteiger partial charge < -0.3 is 25.3 Å². The van der Waals surface area contributed by atoms with Gasteiger partial charge in [0, 0.05) is 35.2 Å². The zero-order chi connectivity index (χ0) is 30.3. The number of ether oxygens (including phenoxy) is 3. The highest BCUT2D eigenvalue weighted by molar-refractivity contribution is 6.34. The quantitative estimate of drug-likeness (QED) is 0.257. The van der Waals surface area contributed by atoms with Crippen LogP contribution in [0.1, 0.15) is 53.2 Å². The molecule has 3 N–H and O–H groups in total. The van der Waals surface area contributed by atoms with Crippen LogP contribution in [-0.4, -0.2) is 28.0 Å². The normalized spacial score (nSPS) is 21.5. The maximum Gasteiger partial charge on any atom is 0.300 e. The molecule has 3 aliphatic heterocycles. The van der Waals surface area contributed by atoms with E-state index in [-0.39, 0.29) is 58.3 Å². The lowest BCUT2D eigenvalue weighted by molar-refractivity contribution is 0.0539. The Morgan fingerprint density at radius 3 is 2.57 bits per heavy atom. The number of benzene rings is 3. The SMILES string of the molecule is NC(=O)c1cc2c(c(F)c1-c1c(Cl)c(F)cc3c1C[C@](c1ccccc1)([C@@H]1CCCN1)O3)Oc1ncn(C3CC3)c(=O)c1O2. The van der Waals surface area contributed by atoms with Crippen molar-refractivity contribution in [1.82, 2.24) is 14.9 Å². The minimum atomic E-state index is -1.07. The summed E-state index contributed by atoms with van der Waals surface area (Å²) in [5.41, 5.74) is 4.84. The summed E-state index contributed by atoms with van der Waals surface area (Å²) in [6.45, 7) is 0.783. The van der Waals surface area contributed by atoms with Crippen molar-refractivity contribution in [2.45, 2.75) is 49.8 Å². The van der Waals surface area contributed by atoms with Crippen LogP contribution in [0.4, 0.5) is 8.78 Å². The molecule has 4 heterocycles. The van der Waals surface area contributed by atoms with E-state index in [1.807, 2.05) is 30.3 Å². The Hall–Kier alpha value is -4.48. The molecule has 4 aromatic rings. The fraction of sp³-hybridized carbons (Fsp3) is 0.281. The first-order valence-corrected chi connectivity index (χ1v) is 14.8. The Balaban J connectivity index is 1.31. The van der Waals surface area contributed by atoms with Gasteiger partial charge in [-0.15, -0.1) is 0 Å².